The fraction of sp³-hybridized carbons (Fsp3) is 0.731. The Morgan fingerprint density at radius 2 is 2.00 bits per heavy atom. The molecule has 0 N–H and O–H groups in total. The quantitative estimate of drug-likeness (QED) is 0.526. The zero-order valence-corrected chi connectivity index (χ0v) is 18.4. The number of Topliss-reactive ketones (excluding diaryl/α,β-unsaturated/α-hetero) is 1. The third-order valence-electron chi connectivity index (χ3n) is 8.53. The van der Waals surface area contributed by atoms with Gasteiger partial charge in [-0.15, -0.1) is 0 Å². The van der Waals surface area contributed by atoms with Crippen LogP contribution in [0, 0.1) is 23.2 Å². The molecule has 0 aromatic heterocycles. The van der Waals surface area contributed by atoms with E-state index >= 15 is 0 Å². The van der Waals surface area contributed by atoms with Crippen molar-refractivity contribution in [2.75, 3.05) is 6.61 Å². The first-order valence-electron chi connectivity index (χ1n) is 11.8. The van der Waals surface area contributed by atoms with E-state index < -0.39 is 0 Å². The molecule has 0 bridgehead atoms. The fourth-order valence-corrected chi connectivity index (χ4v) is 7.05. The van der Waals surface area contributed by atoms with Gasteiger partial charge in [0, 0.05) is 5.92 Å². The normalized spacial score (nSPS) is 33.7. The van der Waals surface area contributed by atoms with Crippen molar-refractivity contribution in [1.29, 1.82) is 0 Å². The average molecular weight is 383 g/mol. The van der Waals surface area contributed by atoms with Crippen molar-refractivity contribution in [3.05, 3.63) is 28.8 Å². The molecule has 2 nitrogen and oxygen atoms in total. The van der Waals surface area contributed by atoms with Crippen LogP contribution in [0.3, 0.4) is 0 Å². The van der Waals surface area contributed by atoms with Crippen LogP contribution < -0.4 is 4.74 Å². The molecule has 0 saturated heterocycles. The molecule has 3 aliphatic rings. The van der Waals surface area contributed by atoms with Crippen molar-refractivity contribution in [3.8, 4) is 5.75 Å². The van der Waals surface area contributed by atoms with E-state index in [2.05, 4.69) is 32.9 Å². The molecule has 2 heteroatoms. The second-order valence-corrected chi connectivity index (χ2v) is 9.91. The summed E-state index contributed by atoms with van der Waals surface area (Å²) < 4.78 is 6.16. The van der Waals surface area contributed by atoms with Gasteiger partial charge < -0.3 is 4.74 Å². The van der Waals surface area contributed by atoms with Crippen molar-refractivity contribution in [2.24, 2.45) is 23.2 Å². The number of fused-ring (bicyclic) bond motifs is 5. The summed E-state index contributed by atoms with van der Waals surface area (Å²) in [5, 5.41) is 0. The highest BCUT2D eigenvalue weighted by atomic mass is 16.5. The zero-order chi connectivity index (χ0) is 19.9. The Labute approximate surface area is 171 Å². The van der Waals surface area contributed by atoms with E-state index in [0.717, 1.165) is 43.5 Å². The highest BCUT2D eigenvalue weighted by Crippen LogP contribution is 2.63. The largest absolute Gasteiger partial charge is 0.493 e. The standard InChI is InChI=1S/C26H38O2/c1-5-7-14-28-25-16-19-8-9-21-20(22(19)15-18(25)6-2)12-13-26(4)23(17(3)27)10-11-24(21)26/h15-16,20-21,23-24H,5-14H2,1-4H3/t20-,21+,23+,24-,26+/m0/s1. The molecule has 1 aromatic rings. The molecule has 3 aliphatic carbocycles. The molecule has 1 aromatic carbocycles. The first-order valence-corrected chi connectivity index (χ1v) is 11.8. The molecule has 0 amide bonds. The first-order chi connectivity index (χ1) is 13.5. The van der Waals surface area contributed by atoms with Gasteiger partial charge >= 0.3 is 0 Å². The first kappa shape index (κ1) is 20.0. The number of unbranched alkanes of at least 4 members (excludes halogenated alkanes) is 1. The van der Waals surface area contributed by atoms with E-state index in [1.54, 1.807) is 5.56 Å². The Bertz CT molecular complexity index is 736. The van der Waals surface area contributed by atoms with Gasteiger partial charge in [0.1, 0.15) is 11.5 Å². The van der Waals surface area contributed by atoms with Crippen LogP contribution >= 0.6 is 0 Å². The van der Waals surface area contributed by atoms with Gasteiger partial charge in [0.2, 0.25) is 0 Å². The molecule has 4 rings (SSSR count). The van der Waals surface area contributed by atoms with E-state index in [9.17, 15) is 4.79 Å². The minimum Gasteiger partial charge on any atom is -0.493 e. The molecule has 0 heterocycles. The predicted molar refractivity (Wildman–Crippen MR) is 115 cm³/mol. The molecule has 28 heavy (non-hydrogen) atoms. The zero-order valence-electron chi connectivity index (χ0n) is 18.4. The monoisotopic (exact) mass is 382 g/mol. The molecule has 0 unspecified atom stereocenters. The van der Waals surface area contributed by atoms with Crippen LogP contribution in [0.25, 0.3) is 0 Å². The lowest BCUT2D eigenvalue weighted by molar-refractivity contribution is -0.125. The van der Waals surface area contributed by atoms with Crippen LogP contribution in [0.5, 0.6) is 5.75 Å². The maximum absolute atomic E-state index is 12.3. The third-order valence-corrected chi connectivity index (χ3v) is 8.53. The van der Waals surface area contributed by atoms with Crippen molar-refractivity contribution < 1.29 is 9.53 Å². The highest BCUT2D eigenvalue weighted by Gasteiger charge is 2.55. The topological polar surface area (TPSA) is 26.3 Å². The predicted octanol–water partition coefficient (Wildman–Crippen LogP) is 6.49. The van der Waals surface area contributed by atoms with E-state index in [1.165, 1.54) is 49.7 Å². The minimum absolute atomic E-state index is 0.251. The summed E-state index contributed by atoms with van der Waals surface area (Å²) in [5.41, 5.74) is 4.79. The summed E-state index contributed by atoms with van der Waals surface area (Å²) in [7, 11) is 0. The highest BCUT2D eigenvalue weighted by molar-refractivity contribution is 5.79. The Kier molecular flexibility index (Phi) is 5.60. The average Bonchev–Trinajstić information content (AvgIpc) is 3.04. The summed E-state index contributed by atoms with van der Waals surface area (Å²) in [6, 6.07) is 4.87. The van der Waals surface area contributed by atoms with Crippen LogP contribution in [0.15, 0.2) is 12.1 Å². The molecule has 0 aliphatic heterocycles. The Balaban J connectivity index is 1.61. The van der Waals surface area contributed by atoms with Crippen molar-refractivity contribution in [2.45, 2.75) is 91.4 Å². The lowest BCUT2D eigenvalue weighted by atomic mass is 9.54. The molecule has 0 spiro atoms. The second kappa shape index (κ2) is 7.84. The summed E-state index contributed by atoms with van der Waals surface area (Å²) in [6.45, 7) is 9.56. The maximum atomic E-state index is 12.3. The molecule has 5 atom stereocenters. The van der Waals surface area contributed by atoms with Crippen LogP contribution in [-0.4, -0.2) is 12.4 Å². The summed E-state index contributed by atoms with van der Waals surface area (Å²) in [5.74, 6) is 4.07. The van der Waals surface area contributed by atoms with E-state index in [0.29, 0.717) is 17.6 Å². The van der Waals surface area contributed by atoms with Gasteiger partial charge in [0.25, 0.3) is 0 Å². The van der Waals surface area contributed by atoms with Gasteiger partial charge in [-0.3, -0.25) is 4.79 Å². The number of carbonyl (C=O) groups excluding carboxylic acids is 1. The van der Waals surface area contributed by atoms with Crippen LogP contribution in [0.1, 0.15) is 95.2 Å². The lowest BCUT2D eigenvalue weighted by Crippen LogP contribution is -2.43. The van der Waals surface area contributed by atoms with Gasteiger partial charge in [-0.05, 0) is 104 Å². The Morgan fingerprint density at radius 1 is 1.18 bits per heavy atom. The SMILES string of the molecule is CCCCOc1cc2c(cc1CC)[C@H]1CC[C@]3(C)[C@@H](C(C)=O)CC[C@H]3[C@@H]1CC2. The minimum atomic E-state index is 0.251. The van der Waals surface area contributed by atoms with E-state index in [4.69, 9.17) is 4.74 Å². The Morgan fingerprint density at radius 3 is 2.71 bits per heavy atom. The van der Waals surface area contributed by atoms with Gasteiger partial charge in [-0.25, -0.2) is 0 Å². The van der Waals surface area contributed by atoms with E-state index in [1.807, 2.05) is 6.92 Å². The molecule has 154 valence electrons. The molecule has 0 radical (unpaired) electrons. The molecule has 2 fully saturated rings. The number of hydrogen-bond acceptors (Lipinski definition) is 2. The number of rotatable bonds is 6. The smallest absolute Gasteiger partial charge is 0.133 e. The van der Waals surface area contributed by atoms with Gasteiger partial charge in [-0.2, -0.15) is 0 Å². The van der Waals surface area contributed by atoms with Crippen LogP contribution in [0.4, 0.5) is 0 Å². The number of ketones is 1. The van der Waals surface area contributed by atoms with Crippen molar-refractivity contribution >= 4 is 5.78 Å². The van der Waals surface area contributed by atoms with Crippen molar-refractivity contribution in [1.82, 2.24) is 0 Å². The number of carbonyl (C=O) groups is 1. The number of ether oxygens (including phenoxy) is 1. The summed E-state index contributed by atoms with van der Waals surface area (Å²) in [4.78, 5) is 12.3. The molecule has 2 saturated carbocycles. The van der Waals surface area contributed by atoms with Gasteiger partial charge in [0.05, 0.1) is 6.61 Å². The number of hydrogen-bond donors (Lipinski definition) is 0. The van der Waals surface area contributed by atoms with Crippen LogP contribution in [0.2, 0.25) is 0 Å². The lowest BCUT2D eigenvalue weighted by Gasteiger charge is -2.50. The van der Waals surface area contributed by atoms with Crippen LogP contribution in [-0.2, 0) is 17.6 Å². The molecular weight excluding hydrogens is 344 g/mol. The molecular formula is C26H38O2. The van der Waals surface area contributed by atoms with Gasteiger partial charge in [0.15, 0.2) is 0 Å². The van der Waals surface area contributed by atoms with E-state index in [-0.39, 0.29) is 5.41 Å². The second-order valence-electron chi connectivity index (χ2n) is 9.91. The number of aryl methyl sites for hydroxylation is 2. The van der Waals surface area contributed by atoms with Gasteiger partial charge in [-0.1, -0.05) is 33.3 Å². The summed E-state index contributed by atoms with van der Waals surface area (Å²) >= 11 is 0. The third kappa shape index (κ3) is 3.21. The Hall–Kier alpha value is -1.31. The van der Waals surface area contributed by atoms with Crippen molar-refractivity contribution in [3.63, 3.8) is 0 Å². The fourth-order valence-electron chi connectivity index (χ4n) is 7.05. The maximum Gasteiger partial charge on any atom is 0.133 e. The summed E-state index contributed by atoms with van der Waals surface area (Å²) in [6.07, 6.45) is 10.7. The number of benzene rings is 1.